The van der Waals surface area contributed by atoms with Gasteiger partial charge in [0.05, 0.1) is 11.3 Å². The standard InChI is InChI=1S/C15H13Br2N3S/c16-9-4-5-13(11(17)7-9)20-15-10(14(18)21)6-8-2-1-3-12(8)19-15/h4-7H,1-3H2,(H2,18,21)(H,19,20). The van der Waals surface area contributed by atoms with Gasteiger partial charge in [0.25, 0.3) is 0 Å². The number of nitrogens with zero attached hydrogens (tertiary/aromatic N) is 1. The van der Waals surface area contributed by atoms with Crippen molar-refractivity contribution in [3.8, 4) is 0 Å². The Bertz CT molecular complexity index is 731. The predicted octanol–water partition coefficient (Wildman–Crippen LogP) is 4.47. The summed E-state index contributed by atoms with van der Waals surface area (Å²) in [5, 5.41) is 3.33. The first-order valence-corrected chi connectivity index (χ1v) is 8.58. The van der Waals surface area contributed by atoms with E-state index in [4.69, 9.17) is 22.9 Å². The van der Waals surface area contributed by atoms with Crippen LogP contribution in [0.1, 0.15) is 23.2 Å². The lowest BCUT2D eigenvalue weighted by molar-refractivity contribution is 0.900. The molecule has 0 aliphatic heterocycles. The second-order valence-electron chi connectivity index (χ2n) is 4.96. The van der Waals surface area contributed by atoms with Gasteiger partial charge in [-0.2, -0.15) is 0 Å². The molecule has 0 spiro atoms. The molecule has 21 heavy (non-hydrogen) atoms. The van der Waals surface area contributed by atoms with Crippen molar-refractivity contribution in [3.63, 3.8) is 0 Å². The summed E-state index contributed by atoms with van der Waals surface area (Å²) < 4.78 is 1.96. The molecule has 0 unspecified atom stereocenters. The molecule has 1 aromatic heterocycles. The van der Waals surface area contributed by atoms with E-state index in [1.54, 1.807) is 0 Å². The smallest absolute Gasteiger partial charge is 0.140 e. The number of fused-ring (bicyclic) bond motifs is 1. The van der Waals surface area contributed by atoms with E-state index < -0.39 is 0 Å². The monoisotopic (exact) mass is 425 g/mol. The molecule has 3 rings (SSSR count). The molecule has 0 saturated heterocycles. The summed E-state index contributed by atoms with van der Waals surface area (Å²) in [7, 11) is 0. The van der Waals surface area contributed by atoms with Gasteiger partial charge >= 0.3 is 0 Å². The molecule has 1 aliphatic rings. The maximum Gasteiger partial charge on any atom is 0.140 e. The first kappa shape index (κ1) is 14.9. The molecule has 0 saturated carbocycles. The molecule has 1 aliphatic carbocycles. The van der Waals surface area contributed by atoms with Crippen LogP contribution in [0.3, 0.4) is 0 Å². The molecule has 0 fully saturated rings. The third kappa shape index (κ3) is 3.12. The average molecular weight is 427 g/mol. The van der Waals surface area contributed by atoms with Crippen molar-refractivity contribution in [2.45, 2.75) is 19.3 Å². The molecule has 3 nitrogen and oxygen atoms in total. The van der Waals surface area contributed by atoms with Gasteiger partial charge in [-0.3, -0.25) is 0 Å². The van der Waals surface area contributed by atoms with Crippen molar-refractivity contribution in [1.29, 1.82) is 0 Å². The lowest BCUT2D eigenvalue weighted by Gasteiger charge is -2.14. The zero-order chi connectivity index (χ0) is 15.0. The Kier molecular flexibility index (Phi) is 4.28. The lowest BCUT2D eigenvalue weighted by Crippen LogP contribution is -2.14. The number of benzene rings is 1. The van der Waals surface area contributed by atoms with Gasteiger partial charge in [0.1, 0.15) is 10.8 Å². The van der Waals surface area contributed by atoms with Gasteiger partial charge in [-0.1, -0.05) is 28.1 Å². The fraction of sp³-hybridized carbons (Fsp3) is 0.200. The molecule has 6 heteroatoms. The molecule has 0 amide bonds. The second kappa shape index (κ2) is 6.02. The Hall–Kier alpha value is -0.980. The zero-order valence-electron chi connectivity index (χ0n) is 11.1. The Morgan fingerprint density at radius 1 is 1.24 bits per heavy atom. The number of pyridine rings is 1. The number of thiocarbonyl (C=S) groups is 1. The van der Waals surface area contributed by atoms with E-state index >= 15 is 0 Å². The number of rotatable bonds is 3. The Labute approximate surface area is 145 Å². The molecule has 108 valence electrons. The molecule has 2 aromatic rings. The molecule has 0 radical (unpaired) electrons. The van der Waals surface area contributed by atoms with Crippen LogP contribution in [0.25, 0.3) is 0 Å². The van der Waals surface area contributed by atoms with E-state index in [0.717, 1.165) is 51.0 Å². The SMILES string of the molecule is NC(=S)c1cc2c(nc1Nc1ccc(Br)cc1Br)CCC2. The summed E-state index contributed by atoms with van der Waals surface area (Å²) >= 11 is 12.2. The van der Waals surface area contributed by atoms with Gasteiger partial charge in [-0.15, -0.1) is 0 Å². The zero-order valence-corrected chi connectivity index (χ0v) is 15.1. The molecular formula is C15H13Br2N3S. The number of aromatic nitrogens is 1. The third-order valence-corrected chi connectivity index (χ3v) is 4.87. The summed E-state index contributed by atoms with van der Waals surface area (Å²) in [6, 6.07) is 8.01. The number of hydrogen-bond donors (Lipinski definition) is 2. The van der Waals surface area contributed by atoms with Crippen LogP contribution in [0.5, 0.6) is 0 Å². The number of nitrogens with one attached hydrogen (secondary N) is 1. The minimum atomic E-state index is 0.368. The number of anilines is 2. The fourth-order valence-electron chi connectivity index (χ4n) is 2.47. The van der Waals surface area contributed by atoms with E-state index in [-0.39, 0.29) is 0 Å². The summed E-state index contributed by atoms with van der Waals surface area (Å²) in [6.07, 6.45) is 3.22. The lowest BCUT2D eigenvalue weighted by atomic mass is 10.1. The molecule has 3 N–H and O–H groups in total. The van der Waals surface area contributed by atoms with Crippen LogP contribution in [-0.2, 0) is 12.8 Å². The van der Waals surface area contributed by atoms with Crippen LogP contribution in [0.15, 0.2) is 33.2 Å². The first-order chi connectivity index (χ1) is 10.0. The minimum absolute atomic E-state index is 0.368. The van der Waals surface area contributed by atoms with Gasteiger partial charge in [-0.05, 0) is 65.0 Å². The van der Waals surface area contributed by atoms with Crippen molar-refractivity contribution < 1.29 is 0 Å². The van der Waals surface area contributed by atoms with Crippen LogP contribution in [0.2, 0.25) is 0 Å². The highest BCUT2D eigenvalue weighted by Gasteiger charge is 2.18. The minimum Gasteiger partial charge on any atom is -0.389 e. The molecule has 1 heterocycles. The summed E-state index contributed by atoms with van der Waals surface area (Å²) in [6.45, 7) is 0. The van der Waals surface area contributed by atoms with Crippen molar-refractivity contribution in [1.82, 2.24) is 4.98 Å². The van der Waals surface area contributed by atoms with Crippen molar-refractivity contribution in [3.05, 3.63) is 50.0 Å². The Morgan fingerprint density at radius 3 is 2.76 bits per heavy atom. The quantitative estimate of drug-likeness (QED) is 0.710. The maximum atomic E-state index is 5.86. The highest BCUT2D eigenvalue weighted by Crippen LogP contribution is 2.31. The maximum absolute atomic E-state index is 5.86. The average Bonchev–Trinajstić information content (AvgIpc) is 2.88. The molecule has 1 aromatic carbocycles. The number of halogens is 2. The van der Waals surface area contributed by atoms with Crippen LogP contribution in [0.4, 0.5) is 11.5 Å². The highest BCUT2D eigenvalue weighted by atomic mass is 79.9. The van der Waals surface area contributed by atoms with Crippen LogP contribution < -0.4 is 11.1 Å². The predicted molar refractivity (Wildman–Crippen MR) is 97.3 cm³/mol. The molecule has 0 bridgehead atoms. The topological polar surface area (TPSA) is 50.9 Å². The van der Waals surface area contributed by atoms with E-state index in [1.807, 2.05) is 18.2 Å². The number of aryl methyl sites for hydroxylation is 2. The Balaban J connectivity index is 2.03. The van der Waals surface area contributed by atoms with E-state index in [0.29, 0.717) is 4.99 Å². The van der Waals surface area contributed by atoms with E-state index in [2.05, 4.69) is 43.2 Å². The number of hydrogen-bond acceptors (Lipinski definition) is 3. The summed E-state index contributed by atoms with van der Waals surface area (Å²) in [4.78, 5) is 5.09. The van der Waals surface area contributed by atoms with Gasteiger partial charge in [0.2, 0.25) is 0 Å². The van der Waals surface area contributed by atoms with E-state index in [1.165, 1.54) is 5.56 Å². The van der Waals surface area contributed by atoms with Crippen molar-refractivity contribution >= 4 is 60.6 Å². The van der Waals surface area contributed by atoms with Gasteiger partial charge in [-0.25, -0.2) is 4.98 Å². The highest BCUT2D eigenvalue weighted by molar-refractivity contribution is 9.11. The summed E-state index contributed by atoms with van der Waals surface area (Å²) in [5.41, 5.74) is 10.0. The van der Waals surface area contributed by atoms with Gasteiger partial charge in [0.15, 0.2) is 0 Å². The normalized spacial score (nSPS) is 13.0. The molecular weight excluding hydrogens is 414 g/mol. The third-order valence-electron chi connectivity index (χ3n) is 3.50. The second-order valence-corrected chi connectivity index (χ2v) is 7.17. The number of nitrogens with two attached hydrogens (primary N) is 1. The molecule has 0 atom stereocenters. The van der Waals surface area contributed by atoms with Crippen LogP contribution in [-0.4, -0.2) is 9.97 Å². The Morgan fingerprint density at radius 2 is 2.05 bits per heavy atom. The van der Waals surface area contributed by atoms with Gasteiger partial charge < -0.3 is 11.1 Å². The fourth-order valence-corrected chi connectivity index (χ4v) is 3.78. The first-order valence-electron chi connectivity index (χ1n) is 6.59. The van der Waals surface area contributed by atoms with Crippen LogP contribution >= 0.6 is 44.1 Å². The van der Waals surface area contributed by atoms with E-state index in [9.17, 15) is 0 Å². The van der Waals surface area contributed by atoms with Crippen LogP contribution in [0, 0.1) is 0 Å². The summed E-state index contributed by atoms with van der Waals surface area (Å²) in [5.74, 6) is 0.728. The largest absolute Gasteiger partial charge is 0.389 e. The van der Waals surface area contributed by atoms with Gasteiger partial charge in [0, 0.05) is 14.6 Å². The van der Waals surface area contributed by atoms with Crippen molar-refractivity contribution in [2.24, 2.45) is 5.73 Å². The van der Waals surface area contributed by atoms with Crippen molar-refractivity contribution in [2.75, 3.05) is 5.32 Å².